The number of nitrogens with zero attached hydrogens (tertiary/aromatic N) is 5. The molecule has 5 aromatic rings. The molecule has 0 bridgehead atoms. The van der Waals surface area contributed by atoms with Crippen molar-refractivity contribution in [2.24, 2.45) is 0 Å². The summed E-state index contributed by atoms with van der Waals surface area (Å²) < 4.78 is 15.8. The zero-order valence-corrected chi connectivity index (χ0v) is 25.2. The molecule has 216 valence electrons. The Hall–Kier alpha value is -4.08. The van der Waals surface area contributed by atoms with Gasteiger partial charge < -0.3 is 14.8 Å². The number of nitrogens with one attached hydrogen (secondary N) is 1. The third kappa shape index (κ3) is 5.80. The van der Waals surface area contributed by atoms with Crippen molar-refractivity contribution in [3.05, 3.63) is 95.0 Å². The summed E-state index contributed by atoms with van der Waals surface area (Å²) in [5.41, 5.74) is 4.21. The van der Waals surface area contributed by atoms with Crippen molar-refractivity contribution >= 4 is 49.9 Å². The number of halogens is 1. The van der Waals surface area contributed by atoms with Gasteiger partial charge in [0.25, 0.3) is 0 Å². The van der Waals surface area contributed by atoms with Crippen LogP contribution in [0.15, 0.2) is 73.2 Å². The molecule has 0 aliphatic carbocycles. The molecule has 42 heavy (non-hydrogen) atoms. The van der Waals surface area contributed by atoms with Crippen LogP contribution in [0, 0.1) is 5.82 Å². The number of benzene rings is 2. The number of rotatable bonds is 7. The van der Waals surface area contributed by atoms with E-state index >= 15 is 0 Å². The van der Waals surface area contributed by atoms with E-state index in [-0.39, 0.29) is 17.3 Å². The molecule has 2 aromatic carbocycles. The quantitative estimate of drug-likeness (QED) is 0.215. The molecule has 3 aromatic heterocycles. The van der Waals surface area contributed by atoms with E-state index in [4.69, 9.17) is 0 Å². The number of amides is 1. The van der Waals surface area contributed by atoms with Crippen LogP contribution in [0.2, 0.25) is 0 Å². The van der Waals surface area contributed by atoms with Crippen molar-refractivity contribution in [1.29, 1.82) is 0 Å². The van der Waals surface area contributed by atoms with Crippen molar-refractivity contribution in [2.75, 3.05) is 25.5 Å². The second-order valence-electron chi connectivity index (χ2n) is 11.8. The molecule has 0 unspecified atom stereocenters. The molecule has 1 aliphatic rings. The molecule has 0 spiro atoms. The SMILES string of the molecule is CN(C/C=C/C(=O)N1CCc2c(sc3ncnc(Nc4ccc5c(ccn5Cc5cccc(F)c5)c4)c23)C1)C(C)(C)C. The van der Waals surface area contributed by atoms with Crippen LogP contribution in [-0.2, 0) is 24.3 Å². The molecule has 0 fully saturated rings. The molecule has 4 heterocycles. The first kappa shape index (κ1) is 28.1. The van der Waals surface area contributed by atoms with Gasteiger partial charge in [-0.05, 0) is 81.8 Å². The second kappa shape index (κ2) is 11.3. The second-order valence-corrected chi connectivity index (χ2v) is 12.9. The average molecular weight is 583 g/mol. The number of hydrogen-bond acceptors (Lipinski definition) is 6. The predicted octanol–water partition coefficient (Wildman–Crippen LogP) is 6.75. The molecule has 1 aliphatic heterocycles. The van der Waals surface area contributed by atoms with Crippen LogP contribution in [0.5, 0.6) is 0 Å². The summed E-state index contributed by atoms with van der Waals surface area (Å²) in [6.45, 7) is 9.06. The molecule has 0 atom stereocenters. The van der Waals surface area contributed by atoms with Gasteiger partial charge in [-0.1, -0.05) is 18.2 Å². The zero-order chi connectivity index (χ0) is 29.4. The number of anilines is 2. The van der Waals surface area contributed by atoms with Crippen molar-refractivity contribution in [1.82, 2.24) is 24.3 Å². The van der Waals surface area contributed by atoms with E-state index < -0.39 is 0 Å². The monoisotopic (exact) mass is 582 g/mol. The fourth-order valence-electron chi connectivity index (χ4n) is 5.29. The van der Waals surface area contributed by atoms with Gasteiger partial charge in [0.15, 0.2) is 0 Å². The van der Waals surface area contributed by atoms with E-state index in [2.05, 4.69) is 70.8 Å². The van der Waals surface area contributed by atoms with E-state index in [9.17, 15) is 9.18 Å². The summed E-state index contributed by atoms with van der Waals surface area (Å²) in [6.07, 6.45) is 8.05. The number of likely N-dealkylation sites (N-methyl/N-ethyl adjacent to an activating group) is 1. The van der Waals surface area contributed by atoms with Crippen LogP contribution >= 0.6 is 11.3 Å². The van der Waals surface area contributed by atoms with Gasteiger partial charge in [0.05, 0.1) is 11.9 Å². The Morgan fingerprint density at radius 1 is 1.17 bits per heavy atom. The van der Waals surface area contributed by atoms with Crippen LogP contribution in [0.1, 0.15) is 36.8 Å². The molecule has 0 saturated carbocycles. The van der Waals surface area contributed by atoms with E-state index in [0.717, 1.165) is 51.2 Å². The van der Waals surface area contributed by atoms with Gasteiger partial charge in [-0.15, -0.1) is 11.3 Å². The van der Waals surface area contributed by atoms with Crippen LogP contribution in [0.25, 0.3) is 21.1 Å². The van der Waals surface area contributed by atoms with Crippen molar-refractivity contribution in [3.63, 3.8) is 0 Å². The standard InChI is InChI=1S/C33H35FN6OS/c1-33(2,3)38(4)14-6-9-29(41)40-16-13-26-28(20-40)42-32-30(26)31(35-21-36-32)37-25-10-11-27-23(18-25)12-15-39(27)19-22-7-5-8-24(34)17-22/h5-12,15,17-18,21H,13-14,16,19-20H2,1-4H3,(H,35,36,37)/b9-6+. The number of hydrogen-bond donors (Lipinski definition) is 1. The Morgan fingerprint density at radius 2 is 2.02 bits per heavy atom. The highest BCUT2D eigenvalue weighted by atomic mass is 32.1. The maximum atomic E-state index is 13.7. The summed E-state index contributed by atoms with van der Waals surface area (Å²) in [7, 11) is 2.06. The molecule has 1 N–H and O–H groups in total. The summed E-state index contributed by atoms with van der Waals surface area (Å²) in [4.78, 5) is 28.3. The Morgan fingerprint density at radius 3 is 2.83 bits per heavy atom. The number of fused-ring (bicyclic) bond motifs is 4. The Bertz CT molecular complexity index is 1800. The van der Waals surface area contributed by atoms with Gasteiger partial charge in [-0.2, -0.15) is 0 Å². The fourth-order valence-corrected chi connectivity index (χ4v) is 6.49. The molecule has 9 heteroatoms. The summed E-state index contributed by atoms with van der Waals surface area (Å²) in [5, 5.41) is 5.65. The smallest absolute Gasteiger partial charge is 0.246 e. The summed E-state index contributed by atoms with van der Waals surface area (Å²) in [6, 6.07) is 15.0. The number of thiophene rings is 1. The van der Waals surface area contributed by atoms with Crippen molar-refractivity contribution < 1.29 is 9.18 Å². The highest BCUT2D eigenvalue weighted by Crippen LogP contribution is 2.38. The Balaban J connectivity index is 1.19. The topological polar surface area (TPSA) is 66.3 Å². The summed E-state index contributed by atoms with van der Waals surface area (Å²) in [5.74, 6) is 0.599. The lowest BCUT2D eigenvalue weighted by Gasteiger charge is -2.31. The summed E-state index contributed by atoms with van der Waals surface area (Å²) >= 11 is 1.64. The third-order valence-electron chi connectivity index (χ3n) is 8.01. The molecule has 0 saturated heterocycles. The van der Waals surface area contributed by atoms with Crippen molar-refractivity contribution in [2.45, 2.75) is 45.8 Å². The van der Waals surface area contributed by atoms with E-state index in [0.29, 0.717) is 19.6 Å². The minimum Gasteiger partial charge on any atom is -0.343 e. The predicted molar refractivity (Wildman–Crippen MR) is 169 cm³/mol. The van der Waals surface area contributed by atoms with Gasteiger partial charge in [-0.25, -0.2) is 14.4 Å². The van der Waals surface area contributed by atoms with Crippen LogP contribution in [0.3, 0.4) is 0 Å². The molecular weight excluding hydrogens is 547 g/mol. The first-order chi connectivity index (χ1) is 20.2. The minimum absolute atomic E-state index is 0.0440. The first-order valence-corrected chi connectivity index (χ1v) is 15.0. The largest absolute Gasteiger partial charge is 0.343 e. The van der Waals surface area contributed by atoms with Gasteiger partial charge in [0.2, 0.25) is 5.91 Å². The normalized spacial score (nSPS) is 13.9. The highest BCUT2D eigenvalue weighted by Gasteiger charge is 2.26. The van der Waals surface area contributed by atoms with Crippen LogP contribution in [0.4, 0.5) is 15.9 Å². The lowest BCUT2D eigenvalue weighted by Crippen LogP contribution is -2.38. The molecular formula is C33H35FN6OS. The highest BCUT2D eigenvalue weighted by molar-refractivity contribution is 7.19. The third-order valence-corrected chi connectivity index (χ3v) is 9.13. The number of carbonyl (C=O) groups excluding carboxylic acids is 1. The lowest BCUT2D eigenvalue weighted by atomic mass is 10.0. The zero-order valence-electron chi connectivity index (χ0n) is 24.4. The maximum absolute atomic E-state index is 13.7. The molecule has 7 nitrogen and oxygen atoms in total. The van der Waals surface area contributed by atoms with Gasteiger partial charge in [0, 0.05) is 58.9 Å². The van der Waals surface area contributed by atoms with E-state index in [1.807, 2.05) is 29.3 Å². The van der Waals surface area contributed by atoms with Crippen LogP contribution in [-0.4, -0.2) is 55.9 Å². The van der Waals surface area contributed by atoms with Gasteiger partial charge in [-0.3, -0.25) is 9.69 Å². The fraction of sp³-hybridized carbons (Fsp3) is 0.303. The maximum Gasteiger partial charge on any atom is 0.246 e. The minimum atomic E-state index is -0.224. The Labute approximate surface area is 249 Å². The molecule has 6 rings (SSSR count). The number of carbonyl (C=O) groups is 1. The van der Waals surface area contributed by atoms with Crippen molar-refractivity contribution in [3.8, 4) is 0 Å². The average Bonchev–Trinajstić information content (AvgIpc) is 3.53. The lowest BCUT2D eigenvalue weighted by molar-refractivity contribution is -0.126. The molecule has 1 amide bonds. The Kier molecular flexibility index (Phi) is 7.55. The van der Waals surface area contributed by atoms with E-state index in [1.54, 1.807) is 35.9 Å². The van der Waals surface area contributed by atoms with Crippen LogP contribution < -0.4 is 5.32 Å². The molecule has 0 radical (unpaired) electrons. The van der Waals surface area contributed by atoms with Gasteiger partial charge in [0.1, 0.15) is 22.8 Å². The first-order valence-electron chi connectivity index (χ1n) is 14.2. The number of aromatic nitrogens is 3. The van der Waals surface area contributed by atoms with Gasteiger partial charge >= 0.3 is 0 Å². The van der Waals surface area contributed by atoms with E-state index in [1.165, 1.54) is 16.5 Å².